The van der Waals surface area contributed by atoms with Crippen molar-refractivity contribution in [2.45, 2.75) is 74.0 Å². The molecule has 0 saturated carbocycles. The van der Waals surface area contributed by atoms with E-state index in [1.807, 2.05) is 0 Å². The number of carbonyl (C=O) groups excluding carboxylic acids is 5. The largest absolute Gasteiger partial charge is 0.744 e. The van der Waals surface area contributed by atoms with Crippen LogP contribution in [-0.2, 0) is 89.9 Å². The van der Waals surface area contributed by atoms with Gasteiger partial charge >= 0.3 is 23.5 Å². The number of nitrogens with one attached hydrogen (secondary N) is 7. The number of nitrogen functional groups attached to an aromatic ring is 1. The number of benzene rings is 4. The van der Waals surface area contributed by atoms with Gasteiger partial charge in [-0.05, 0) is 79.4 Å². The Balaban J connectivity index is 0.684. The number of hydrogen-bond acceptors (Lipinski definition) is 31. The molecule has 5 amide bonds. The minimum absolute atomic E-state index is 0.00133. The molecule has 47 nitrogen and oxygen atoms in total. The summed E-state index contributed by atoms with van der Waals surface area (Å²) in [4.78, 5) is 130. The van der Waals surface area contributed by atoms with E-state index in [1.165, 1.54) is 71.2 Å². The average molecular weight is 1750 g/mol. The predicted molar refractivity (Wildman–Crippen MR) is 407 cm³/mol. The van der Waals surface area contributed by atoms with Crippen LogP contribution in [-0.4, -0.2) is 232 Å². The predicted octanol–water partition coefficient (Wildman–Crippen LogP) is 1.50. The summed E-state index contributed by atoms with van der Waals surface area (Å²) >= 11 is 0. The lowest BCUT2D eigenvalue weighted by atomic mass is 9.90. The van der Waals surface area contributed by atoms with Crippen LogP contribution >= 0.6 is 23.5 Å². The van der Waals surface area contributed by atoms with Crippen LogP contribution < -0.4 is 53.0 Å². The molecule has 2 aliphatic heterocycles. The van der Waals surface area contributed by atoms with Gasteiger partial charge in [-0.3, -0.25) is 38.3 Å². The van der Waals surface area contributed by atoms with E-state index in [-0.39, 0.29) is 202 Å². The van der Waals surface area contributed by atoms with E-state index in [9.17, 15) is 78.2 Å². The normalized spacial score (nSPS) is 15.7. The van der Waals surface area contributed by atoms with E-state index in [0.29, 0.717) is 0 Å². The number of aromatic amines is 1. The van der Waals surface area contributed by atoms with Gasteiger partial charge in [0.2, 0.25) is 29.0 Å². The molecule has 6 atom stereocenters. The molecule has 0 radical (unpaired) electrons. The zero-order valence-corrected chi connectivity index (χ0v) is 67.1. The van der Waals surface area contributed by atoms with Gasteiger partial charge in [0, 0.05) is 109 Å². The van der Waals surface area contributed by atoms with Crippen molar-refractivity contribution in [3.05, 3.63) is 132 Å². The number of rotatable bonds is 46. The number of nitrogens with zero attached hydrogens (tertiary/aromatic N) is 9. The van der Waals surface area contributed by atoms with Gasteiger partial charge in [0.15, 0.2) is 28.1 Å². The molecule has 4 heterocycles. The molecule has 2 aromatic heterocycles. The first-order valence-corrected chi connectivity index (χ1v) is 42.7. The number of hydrogen-bond donors (Lipinski definition) is 12. The second kappa shape index (κ2) is 43.4. The number of azide groups is 2. The van der Waals surface area contributed by atoms with Crippen molar-refractivity contribution in [3.63, 3.8) is 0 Å². The topological polar surface area (TPSA) is 689 Å². The number of carbonyl (C=O) groups is 5. The lowest BCUT2D eigenvalue weighted by Gasteiger charge is -2.24. The Morgan fingerprint density at radius 2 is 1.56 bits per heavy atom. The Morgan fingerprint density at radius 3 is 2.28 bits per heavy atom. The molecule has 6 unspecified atom stereocenters. The van der Waals surface area contributed by atoms with Gasteiger partial charge in [-0.15, -0.1) is 0 Å². The molecular weight excluding hydrogens is 1670 g/mol. The van der Waals surface area contributed by atoms with Gasteiger partial charge < -0.3 is 108 Å². The number of aromatic nitrogens is 3. The molecule has 3 aromatic carbocycles. The second-order valence-electron chi connectivity index (χ2n) is 24.8. The first kappa shape index (κ1) is 93.2. The highest BCUT2D eigenvalue weighted by molar-refractivity contribution is 7.86. The summed E-state index contributed by atoms with van der Waals surface area (Å²) in [7, 11) is -26.4. The number of fused-ring (bicyclic) bond motifs is 3. The molecular formula is C66H81N17O30P3S2-. The minimum Gasteiger partial charge on any atom is -0.744 e. The monoisotopic (exact) mass is 1750 g/mol. The Hall–Kier alpha value is -10.3. The average Bonchev–Trinajstić information content (AvgIpc) is 0.874. The number of ether oxygens (including phenoxy) is 7. The van der Waals surface area contributed by atoms with Gasteiger partial charge in [0.1, 0.15) is 69.7 Å². The van der Waals surface area contributed by atoms with E-state index in [1.54, 1.807) is 38.1 Å². The van der Waals surface area contributed by atoms with Gasteiger partial charge in [-0.1, -0.05) is 46.3 Å². The molecule has 52 heteroatoms. The lowest BCUT2D eigenvalue weighted by Crippen LogP contribution is -2.76. The summed E-state index contributed by atoms with van der Waals surface area (Å²) < 4.78 is 172. The highest BCUT2D eigenvalue weighted by atomic mass is 32.2. The van der Waals surface area contributed by atoms with E-state index in [2.05, 4.69) is 82.1 Å². The van der Waals surface area contributed by atoms with Crippen LogP contribution in [0, 0.1) is 11.8 Å². The van der Waals surface area contributed by atoms with Crippen LogP contribution in [0.15, 0.2) is 108 Å². The number of H-pyrrole nitrogens is 1. The smallest absolute Gasteiger partial charge is 0.490 e. The van der Waals surface area contributed by atoms with Crippen molar-refractivity contribution in [1.29, 1.82) is 0 Å². The van der Waals surface area contributed by atoms with Crippen molar-refractivity contribution < 1.29 is 139 Å². The summed E-state index contributed by atoms with van der Waals surface area (Å²) in [6.07, 6.45) is -3.46. The third-order valence-corrected chi connectivity index (χ3v) is 22.1. The fourth-order valence-corrected chi connectivity index (χ4v) is 16.2. The maximum Gasteiger partial charge on any atom is 0.490 e. The Bertz CT molecular complexity index is 5480. The second-order valence-corrected chi connectivity index (χ2v) is 31.9. The van der Waals surface area contributed by atoms with Crippen LogP contribution in [0.2, 0.25) is 0 Å². The van der Waals surface area contributed by atoms with Crippen LogP contribution in [0.25, 0.3) is 65.3 Å². The molecule has 1 saturated heterocycles. The standard InChI is InChI=1S/C66H82N17O30P3S2/c1-4-70-47-19-17-45-57(46-18-20-48(71-5-2)61(118(100,101)102)59(46)111-58(45)60(47)117(97,98)99)43-14-6-7-15-44(43)65(89)82(3)26-10-16-51(84)74-25-28-104-30-29-103-27-21-52(85)73-23-24-75-63(87)40-11-8-13-42(33-40)107-38-54(79-81-69)106-32-31-105-37-53(86)72-22-9-12-41-35-83(62-56(41)64(88)78-66(67)77-62)55-34-49(108-39-76-80-68)50(110-55)36-109-115(93,94)113-116(95,96)112-114(90,91)92/h6-8,11,13-15,17-20,33,35,49-50,54-55,70H,4-5,10,16,21-32,34,36-39H2,1-3H3,(H,72,86)(H,73,85)(H,74,84)(H,75,87)(H,93,94)(H,95,96)(H2,90,91,92)(H,97,98,99)(H,100,101,102)(H3,67,77,78,88)/p-1. The number of phosphoric ester groups is 1. The van der Waals surface area contributed by atoms with Crippen molar-refractivity contribution in [2.24, 2.45) is 10.2 Å². The molecule has 118 heavy (non-hydrogen) atoms. The molecule has 13 N–H and O–H groups in total. The number of anilines is 2. The summed E-state index contributed by atoms with van der Waals surface area (Å²) in [5.41, 5.74) is 22.9. The van der Waals surface area contributed by atoms with E-state index < -0.39 is 133 Å². The molecule has 0 spiro atoms. The highest BCUT2D eigenvalue weighted by Gasteiger charge is 2.44. The van der Waals surface area contributed by atoms with Crippen LogP contribution in [0.1, 0.15) is 72.0 Å². The SMILES string of the molecule is CCNc1ccc2c(-c3ccccc3C(=O)N(C)CCCC(=O)NCCOCCOCCC(=O)NCCNC(=O)c3cccc(OCC(N=[N+]=[N-])OCCOCC(=O)NCC#Cc4cn(C5CC(OCN=[N+]=[N-])C(COP(=O)(O)OP(=O)(O)OP(=O)(O)O)O5)c5nc(N)[nH]c(=O)c45)c3)c3ccc(=[NH+]CC)c(S(=O)(=O)[O-])c-3oc2c1S(=O)(=O)[O-]. The van der Waals surface area contributed by atoms with Gasteiger partial charge in [-0.2, -0.15) is 13.6 Å². The molecule has 3 aliphatic rings. The number of phosphoric acid groups is 3. The zero-order valence-electron chi connectivity index (χ0n) is 62.8. The van der Waals surface area contributed by atoms with Crippen LogP contribution in [0.3, 0.4) is 0 Å². The first-order chi connectivity index (χ1) is 56.0. The first-order valence-electron chi connectivity index (χ1n) is 35.3. The van der Waals surface area contributed by atoms with E-state index in [4.69, 9.17) is 68.7 Å². The molecule has 0 bridgehead atoms. The Labute approximate surface area is 670 Å². The van der Waals surface area contributed by atoms with Crippen molar-refractivity contribution in [3.8, 4) is 40.0 Å². The summed E-state index contributed by atoms with van der Waals surface area (Å²) in [5.74, 6) is 2.40. The van der Waals surface area contributed by atoms with Crippen molar-refractivity contribution >= 4 is 107 Å². The molecule has 5 aromatic rings. The fourth-order valence-electron chi connectivity index (χ4n) is 11.6. The third-order valence-electron chi connectivity index (χ3n) is 16.5. The van der Waals surface area contributed by atoms with Gasteiger partial charge in [0.05, 0.1) is 75.5 Å². The third kappa shape index (κ3) is 27.4. The maximum atomic E-state index is 14.3. The van der Waals surface area contributed by atoms with Crippen molar-refractivity contribution in [2.75, 3.05) is 130 Å². The maximum absolute atomic E-state index is 14.3. The Kier molecular flexibility index (Phi) is 34.3. The molecule has 638 valence electrons. The lowest BCUT2D eigenvalue weighted by molar-refractivity contribution is -0.498. The fraction of sp³-hybridized carbons (Fsp3) is 0.424. The summed E-state index contributed by atoms with van der Waals surface area (Å²) in [5, 5.41) is 20.0. The minimum atomic E-state index is -5.87. The van der Waals surface area contributed by atoms with E-state index >= 15 is 0 Å². The van der Waals surface area contributed by atoms with Crippen molar-refractivity contribution in [1.82, 2.24) is 40.7 Å². The quantitative estimate of drug-likeness (QED) is 0.00376. The molecule has 1 fully saturated rings. The summed E-state index contributed by atoms with van der Waals surface area (Å²) in [6, 6.07) is 17.8. The Morgan fingerprint density at radius 1 is 0.839 bits per heavy atom. The zero-order chi connectivity index (χ0) is 86.0. The van der Waals surface area contributed by atoms with Gasteiger partial charge in [0.25, 0.3) is 17.4 Å². The molecule has 8 rings (SSSR count). The highest BCUT2D eigenvalue weighted by Crippen LogP contribution is 2.66. The molecule has 1 aliphatic carbocycles. The van der Waals surface area contributed by atoms with Crippen LogP contribution in [0.4, 0.5) is 11.6 Å². The number of nitrogens with two attached hydrogens (primary N) is 1. The summed E-state index contributed by atoms with van der Waals surface area (Å²) in [6.45, 7) is 1.55. The van der Waals surface area contributed by atoms with Gasteiger partial charge in [-0.25, -0.2) is 35.5 Å². The van der Waals surface area contributed by atoms with E-state index in [0.717, 1.165) is 0 Å². The van der Waals surface area contributed by atoms with Crippen LogP contribution in [0.5, 0.6) is 5.75 Å². The number of amides is 5.